The first-order valence-electron chi connectivity index (χ1n) is 5.48. The molecule has 4 nitrogen and oxygen atoms in total. The van der Waals surface area contributed by atoms with Crippen LogP contribution in [0, 0.1) is 12.7 Å². The van der Waals surface area contributed by atoms with Gasteiger partial charge in [0.15, 0.2) is 5.65 Å². The van der Waals surface area contributed by atoms with Crippen molar-refractivity contribution >= 4 is 11.2 Å². The van der Waals surface area contributed by atoms with E-state index in [0.29, 0.717) is 11.2 Å². The van der Waals surface area contributed by atoms with Gasteiger partial charge in [-0.2, -0.15) is 0 Å². The van der Waals surface area contributed by atoms with E-state index in [1.54, 1.807) is 12.3 Å². The Bertz CT molecular complexity index is 788. The summed E-state index contributed by atoms with van der Waals surface area (Å²) in [5.41, 5.74) is 3.44. The molecule has 2 aromatic heterocycles. The van der Waals surface area contributed by atoms with E-state index < -0.39 is 0 Å². The molecule has 0 atom stereocenters. The van der Waals surface area contributed by atoms with Gasteiger partial charge in [0.1, 0.15) is 5.82 Å². The molecule has 3 rings (SSSR count). The molecule has 3 aromatic rings. The molecule has 0 saturated carbocycles. The minimum absolute atomic E-state index is 0.264. The lowest BCUT2D eigenvalue weighted by Gasteiger charge is -2.05. The molecule has 0 aliphatic rings. The maximum atomic E-state index is 13.1. The third-order valence-electron chi connectivity index (χ3n) is 2.87. The standard InChI is InChI=1S/C13H10FN3O/c1-7-4-9(14)2-3-10(7)8-5-11-12(15-6-8)17-13(18)16-11/h2-6H,1H3,(H2,15,16,17,18). The fraction of sp³-hybridized carbons (Fsp3) is 0.0769. The zero-order valence-corrected chi connectivity index (χ0v) is 9.62. The summed E-state index contributed by atoms with van der Waals surface area (Å²) in [5, 5.41) is 0. The predicted octanol–water partition coefficient (Wildman–Crippen LogP) is 2.37. The summed E-state index contributed by atoms with van der Waals surface area (Å²) in [6, 6.07) is 6.41. The van der Waals surface area contributed by atoms with Crippen molar-refractivity contribution in [2.75, 3.05) is 0 Å². The number of rotatable bonds is 1. The Balaban J connectivity index is 2.21. The molecular formula is C13H10FN3O. The van der Waals surface area contributed by atoms with Crippen molar-refractivity contribution in [2.24, 2.45) is 0 Å². The Morgan fingerprint density at radius 2 is 2.06 bits per heavy atom. The SMILES string of the molecule is Cc1cc(F)ccc1-c1cnc2[nH]c(=O)[nH]c2c1. The van der Waals surface area contributed by atoms with E-state index in [1.807, 2.05) is 13.0 Å². The van der Waals surface area contributed by atoms with Gasteiger partial charge >= 0.3 is 5.69 Å². The molecule has 18 heavy (non-hydrogen) atoms. The minimum Gasteiger partial charge on any atom is -0.304 e. The van der Waals surface area contributed by atoms with Gasteiger partial charge in [0.25, 0.3) is 0 Å². The van der Waals surface area contributed by atoms with Crippen molar-refractivity contribution in [1.82, 2.24) is 15.0 Å². The smallest absolute Gasteiger partial charge is 0.304 e. The van der Waals surface area contributed by atoms with Crippen molar-refractivity contribution in [3.05, 3.63) is 52.3 Å². The highest BCUT2D eigenvalue weighted by atomic mass is 19.1. The summed E-state index contributed by atoms with van der Waals surface area (Å²) in [6.45, 7) is 1.84. The highest BCUT2D eigenvalue weighted by Gasteiger charge is 2.06. The number of hydrogen-bond donors (Lipinski definition) is 2. The summed E-state index contributed by atoms with van der Waals surface area (Å²) in [7, 11) is 0. The van der Waals surface area contributed by atoms with Crippen LogP contribution in [0.3, 0.4) is 0 Å². The zero-order chi connectivity index (χ0) is 12.7. The molecule has 0 bridgehead atoms. The predicted molar refractivity (Wildman–Crippen MR) is 66.8 cm³/mol. The van der Waals surface area contributed by atoms with Gasteiger partial charge in [0.2, 0.25) is 0 Å². The van der Waals surface area contributed by atoms with E-state index >= 15 is 0 Å². The number of fused-ring (bicyclic) bond motifs is 1. The number of H-pyrrole nitrogens is 2. The number of nitrogens with zero attached hydrogens (tertiary/aromatic N) is 1. The number of pyridine rings is 1. The second-order valence-electron chi connectivity index (χ2n) is 4.16. The van der Waals surface area contributed by atoms with E-state index in [2.05, 4.69) is 15.0 Å². The Morgan fingerprint density at radius 3 is 2.83 bits per heavy atom. The molecule has 0 radical (unpaired) electrons. The first-order chi connectivity index (χ1) is 8.63. The summed E-state index contributed by atoms with van der Waals surface area (Å²) >= 11 is 0. The van der Waals surface area contributed by atoms with E-state index in [0.717, 1.165) is 16.7 Å². The molecule has 0 fully saturated rings. The number of aromatic amines is 2. The Hall–Kier alpha value is -2.43. The first-order valence-corrected chi connectivity index (χ1v) is 5.48. The molecule has 2 heterocycles. The van der Waals surface area contributed by atoms with Crippen LogP contribution in [-0.2, 0) is 0 Å². The van der Waals surface area contributed by atoms with Crippen LogP contribution >= 0.6 is 0 Å². The molecule has 0 aliphatic carbocycles. The molecule has 5 heteroatoms. The third-order valence-corrected chi connectivity index (χ3v) is 2.87. The number of nitrogens with one attached hydrogen (secondary N) is 2. The first kappa shape index (κ1) is 10.7. The Kier molecular flexibility index (Phi) is 2.26. The maximum Gasteiger partial charge on any atom is 0.325 e. The van der Waals surface area contributed by atoms with Crippen molar-refractivity contribution < 1.29 is 4.39 Å². The van der Waals surface area contributed by atoms with Crippen molar-refractivity contribution in [3.63, 3.8) is 0 Å². The number of hydrogen-bond acceptors (Lipinski definition) is 2. The molecule has 0 amide bonds. The van der Waals surface area contributed by atoms with Crippen LogP contribution in [-0.4, -0.2) is 15.0 Å². The van der Waals surface area contributed by atoms with Crippen molar-refractivity contribution in [2.45, 2.75) is 6.92 Å². The number of aryl methyl sites for hydroxylation is 1. The molecule has 0 aliphatic heterocycles. The van der Waals surface area contributed by atoms with Gasteiger partial charge in [-0.05, 0) is 36.2 Å². The summed E-state index contributed by atoms with van der Waals surface area (Å²) in [4.78, 5) is 20.5. The minimum atomic E-state index is -0.287. The molecule has 0 unspecified atom stereocenters. The van der Waals surface area contributed by atoms with Crippen LogP contribution in [0.4, 0.5) is 4.39 Å². The molecule has 90 valence electrons. The molecule has 0 saturated heterocycles. The van der Waals surface area contributed by atoms with Gasteiger partial charge in [0.05, 0.1) is 5.52 Å². The van der Waals surface area contributed by atoms with Gasteiger partial charge < -0.3 is 4.98 Å². The van der Waals surface area contributed by atoms with Gasteiger partial charge in [-0.15, -0.1) is 0 Å². The summed E-state index contributed by atoms with van der Waals surface area (Å²) in [6.07, 6.45) is 1.66. The lowest BCUT2D eigenvalue weighted by molar-refractivity contribution is 0.627. The van der Waals surface area contributed by atoms with Crippen LogP contribution in [0.25, 0.3) is 22.3 Å². The van der Waals surface area contributed by atoms with Gasteiger partial charge in [0, 0.05) is 11.8 Å². The second kappa shape index (κ2) is 3.80. The fourth-order valence-electron chi connectivity index (χ4n) is 2.02. The average Bonchev–Trinajstić information content (AvgIpc) is 2.68. The van der Waals surface area contributed by atoms with Crippen LogP contribution in [0.2, 0.25) is 0 Å². The number of benzene rings is 1. The third kappa shape index (κ3) is 1.69. The van der Waals surface area contributed by atoms with E-state index in [4.69, 9.17) is 0 Å². The Labute approximate surface area is 102 Å². The largest absolute Gasteiger partial charge is 0.325 e. The normalized spacial score (nSPS) is 11.0. The topological polar surface area (TPSA) is 61.5 Å². The quantitative estimate of drug-likeness (QED) is 0.689. The highest BCUT2D eigenvalue weighted by Crippen LogP contribution is 2.24. The summed E-state index contributed by atoms with van der Waals surface area (Å²) in [5.74, 6) is -0.264. The van der Waals surface area contributed by atoms with Crippen molar-refractivity contribution in [1.29, 1.82) is 0 Å². The van der Waals surface area contributed by atoms with Crippen molar-refractivity contribution in [3.8, 4) is 11.1 Å². The lowest BCUT2D eigenvalue weighted by atomic mass is 10.0. The van der Waals surface area contributed by atoms with Crippen LogP contribution in [0.1, 0.15) is 5.56 Å². The molecule has 1 aromatic carbocycles. The molecular weight excluding hydrogens is 233 g/mol. The van der Waals surface area contributed by atoms with Crippen LogP contribution < -0.4 is 5.69 Å². The van der Waals surface area contributed by atoms with Gasteiger partial charge in [-0.25, -0.2) is 14.2 Å². The average molecular weight is 243 g/mol. The number of imidazole rings is 1. The van der Waals surface area contributed by atoms with Crippen LogP contribution in [0.5, 0.6) is 0 Å². The van der Waals surface area contributed by atoms with Crippen LogP contribution in [0.15, 0.2) is 35.3 Å². The molecule has 0 spiro atoms. The van der Waals surface area contributed by atoms with Gasteiger partial charge in [-0.3, -0.25) is 4.98 Å². The monoisotopic (exact) mass is 243 g/mol. The van der Waals surface area contributed by atoms with E-state index in [1.165, 1.54) is 12.1 Å². The number of halogens is 1. The molecule has 2 N–H and O–H groups in total. The number of aromatic nitrogens is 3. The second-order valence-corrected chi connectivity index (χ2v) is 4.16. The van der Waals surface area contributed by atoms with E-state index in [-0.39, 0.29) is 11.5 Å². The van der Waals surface area contributed by atoms with Gasteiger partial charge in [-0.1, -0.05) is 6.07 Å². The Morgan fingerprint density at radius 1 is 1.22 bits per heavy atom. The van der Waals surface area contributed by atoms with E-state index in [9.17, 15) is 9.18 Å². The zero-order valence-electron chi connectivity index (χ0n) is 9.62. The summed E-state index contributed by atoms with van der Waals surface area (Å²) < 4.78 is 13.1. The lowest BCUT2D eigenvalue weighted by Crippen LogP contribution is -1.99. The maximum absolute atomic E-state index is 13.1. The highest BCUT2D eigenvalue weighted by molar-refractivity contribution is 5.78. The fourth-order valence-corrected chi connectivity index (χ4v) is 2.02.